The first kappa shape index (κ1) is 21.9. The van der Waals surface area contributed by atoms with E-state index in [4.69, 9.17) is 14.2 Å². The van der Waals surface area contributed by atoms with Crippen LogP contribution in [0.25, 0.3) is 0 Å². The van der Waals surface area contributed by atoms with E-state index in [9.17, 15) is 0 Å². The predicted octanol–water partition coefficient (Wildman–Crippen LogP) is 4.39. The Kier molecular flexibility index (Phi) is 7.42. The summed E-state index contributed by atoms with van der Waals surface area (Å²) in [5.41, 5.74) is 2.01. The standard InChI is InChI=1S/C25H30N4O3/c1-28(2)21-6-4-8-23(18-21)32-24-9-10-25(26-19-24)27-20-5-3-7-22(17-20)31-16-13-29-11-14-30-15-12-29/h3-10,17-19H,11-16H2,1-2H3,(H,26,27). The maximum absolute atomic E-state index is 5.94. The average Bonchev–Trinajstić information content (AvgIpc) is 2.82. The molecule has 4 rings (SSSR count). The quantitative estimate of drug-likeness (QED) is 0.536. The second-order valence-electron chi connectivity index (χ2n) is 7.83. The molecule has 0 amide bonds. The minimum absolute atomic E-state index is 0.656. The summed E-state index contributed by atoms with van der Waals surface area (Å²) in [7, 11) is 4.01. The van der Waals surface area contributed by atoms with Crippen LogP contribution in [0.4, 0.5) is 17.2 Å². The summed E-state index contributed by atoms with van der Waals surface area (Å²) in [5, 5.41) is 3.32. The van der Waals surface area contributed by atoms with Crippen LogP contribution in [0.3, 0.4) is 0 Å². The molecule has 0 spiro atoms. The molecule has 0 atom stereocenters. The maximum atomic E-state index is 5.94. The van der Waals surface area contributed by atoms with Gasteiger partial charge >= 0.3 is 0 Å². The van der Waals surface area contributed by atoms with Gasteiger partial charge in [-0.05, 0) is 36.4 Å². The van der Waals surface area contributed by atoms with E-state index in [2.05, 4.69) is 15.2 Å². The van der Waals surface area contributed by atoms with Gasteiger partial charge in [0.1, 0.15) is 29.7 Å². The zero-order chi connectivity index (χ0) is 22.2. The van der Waals surface area contributed by atoms with Gasteiger partial charge in [0.05, 0.1) is 19.4 Å². The van der Waals surface area contributed by atoms with E-state index in [0.29, 0.717) is 12.4 Å². The number of benzene rings is 2. The Labute approximate surface area is 189 Å². The number of pyridine rings is 1. The summed E-state index contributed by atoms with van der Waals surface area (Å²) in [6, 6.07) is 19.7. The zero-order valence-electron chi connectivity index (χ0n) is 18.7. The van der Waals surface area contributed by atoms with Crippen molar-refractivity contribution < 1.29 is 14.2 Å². The number of hydrogen-bond acceptors (Lipinski definition) is 7. The molecule has 2 aromatic carbocycles. The lowest BCUT2D eigenvalue weighted by Crippen LogP contribution is -2.38. The first-order valence-electron chi connectivity index (χ1n) is 10.9. The van der Waals surface area contributed by atoms with Crippen LogP contribution < -0.4 is 19.7 Å². The van der Waals surface area contributed by atoms with Gasteiger partial charge in [-0.1, -0.05) is 12.1 Å². The number of ether oxygens (including phenoxy) is 3. The molecule has 32 heavy (non-hydrogen) atoms. The Morgan fingerprint density at radius 2 is 1.78 bits per heavy atom. The Bertz CT molecular complexity index is 988. The van der Waals surface area contributed by atoms with Gasteiger partial charge in [-0.15, -0.1) is 0 Å². The van der Waals surface area contributed by atoms with E-state index in [0.717, 1.165) is 61.5 Å². The normalized spacial score (nSPS) is 14.1. The Hall–Kier alpha value is -3.29. The second kappa shape index (κ2) is 10.8. The lowest BCUT2D eigenvalue weighted by molar-refractivity contribution is 0.0322. The molecule has 0 unspecified atom stereocenters. The molecule has 1 aromatic heterocycles. The smallest absolute Gasteiger partial charge is 0.145 e. The molecule has 1 aliphatic rings. The molecular weight excluding hydrogens is 404 g/mol. The van der Waals surface area contributed by atoms with Crippen LogP contribution >= 0.6 is 0 Å². The summed E-state index contributed by atoms with van der Waals surface area (Å²) < 4.78 is 17.3. The van der Waals surface area contributed by atoms with Gasteiger partial charge < -0.3 is 24.4 Å². The molecule has 168 valence electrons. The monoisotopic (exact) mass is 434 g/mol. The highest BCUT2D eigenvalue weighted by atomic mass is 16.5. The van der Waals surface area contributed by atoms with Crippen molar-refractivity contribution >= 4 is 17.2 Å². The van der Waals surface area contributed by atoms with Crippen molar-refractivity contribution in [3.05, 3.63) is 66.9 Å². The third-order valence-corrected chi connectivity index (χ3v) is 5.19. The highest BCUT2D eigenvalue weighted by Crippen LogP contribution is 2.26. The van der Waals surface area contributed by atoms with Gasteiger partial charge in [0.25, 0.3) is 0 Å². The van der Waals surface area contributed by atoms with Crippen LogP contribution in [-0.4, -0.2) is 63.4 Å². The molecule has 1 saturated heterocycles. The molecular formula is C25H30N4O3. The van der Waals surface area contributed by atoms with Gasteiger partial charge in [0.15, 0.2) is 0 Å². The van der Waals surface area contributed by atoms with Crippen molar-refractivity contribution in [1.82, 2.24) is 9.88 Å². The molecule has 3 aromatic rings. The molecule has 0 saturated carbocycles. The zero-order valence-corrected chi connectivity index (χ0v) is 18.7. The molecule has 1 fully saturated rings. The van der Waals surface area contributed by atoms with E-state index in [1.807, 2.05) is 79.7 Å². The molecule has 1 aliphatic heterocycles. The first-order valence-corrected chi connectivity index (χ1v) is 10.9. The number of anilines is 3. The predicted molar refractivity (Wildman–Crippen MR) is 128 cm³/mol. The lowest BCUT2D eigenvalue weighted by Gasteiger charge is -2.26. The van der Waals surface area contributed by atoms with Crippen LogP contribution in [0.15, 0.2) is 66.9 Å². The fourth-order valence-corrected chi connectivity index (χ4v) is 3.40. The fourth-order valence-electron chi connectivity index (χ4n) is 3.40. The number of morpholine rings is 1. The Balaban J connectivity index is 1.30. The van der Waals surface area contributed by atoms with Gasteiger partial charge in [-0.3, -0.25) is 4.90 Å². The fraction of sp³-hybridized carbons (Fsp3) is 0.320. The largest absolute Gasteiger partial charge is 0.492 e. The summed E-state index contributed by atoms with van der Waals surface area (Å²) >= 11 is 0. The molecule has 7 heteroatoms. The van der Waals surface area contributed by atoms with Gasteiger partial charge in [0, 0.05) is 57.2 Å². The van der Waals surface area contributed by atoms with Crippen molar-refractivity contribution in [3.8, 4) is 17.2 Å². The van der Waals surface area contributed by atoms with Crippen LogP contribution in [0.1, 0.15) is 0 Å². The van der Waals surface area contributed by atoms with Crippen molar-refractivity contribution in [2.45, 2.75) is 0 Å². The van der Waals surface area contributed by atoms with Crippen molar-refractivity contribution in [1.29, 1.82) is 0 Å². The topological polar surface area (TPSA) is 59.1 Å². The van der Waals surface area contributed by atoms with E-state index >= 15 is 0 Å². The second-order valence-corrected chi connectivity index (χ2v) is 7.83. The average molecular weight is 435 g/mol. The highest BCUT2D eigenvalue weighted by Gasteiger charge is 2.10. The van der Waals surface area contributed by atoms with E-state index < -0.39 is 0 Å². The Morgan fingerprint density at radius 1 is 0.969 bits per heavy atom. The summed E-state index contributed by atoms with van der Waals surface area (Å²) in [5.74, 6) is 3.04. The van der Waals surface area contributed by atoms with Gasteiger partial charge in [-0.25, -0.2) is 4.98 Å². The lowest BCUT2D eigenvalue weighted by atomic mass is 10.3. The van der Waals surface area contributed by atoms with Gasteiger partial charge in [0.2, 0.25) is 0 Å². The van der Waals surface area contributed by atoms with Gasteiger partial charge in [-0.2, -0.15) is 0 Å². The highest BCUT2D eigenvalue weighted by molar-refractivity contribution is 5.58. The minimum atomic E-state index is 0.656. The van der Waals surface area contributed by atoms with Crippen molar-refractivity contribution in [2.24, 2.45) is 0 Å². The van der Waals surface area contributed by atoms with Crippen LogP contribution in [0.5, 0.6) is 17.2 Å². The molecule has 1 N–H and O–H groups in total. The van der Waals surface area contributed by atoms with E-state index in [-0.39, 0.29) is 0 Å². The third-order valence-electron chi connectivity index (χ3n) is 5.19. The number of nitrogens with one attached hydrogen (secondary N) is 1. The van der Waals surface area contributed by atoms with Crippen molar-refractivity contribution in [2.75, 3.05) is 63.8 Å². The third kappa shape index (κ3) is 6.35. The van der Waals surface area contributed by atoms with Crippen molar-refractivity contribution in [3.63, 3.8) is 0 Å². The first-order chi connectivity index (χ1) is 15.7. The van der Waals surface area contributed by atoms with E-state index in [1.54, 1.807) is 6.20 Å². The molecule has 2 heterocycles. The SMILES string of the molecule is CN(C)c1cccc(Oc2ccc(Nc3cccc(OCCN4CCOCC4)c3)nc2)c1. The number of nitrogens with zero attached hydrogens (tertiary/aromatic N) is 3. The summed E-state index contributed by atoms with van der Waals surface area (Å²) in [6.07, 6.45) is 1.72. The molecule has 7 nitrogen and oxygen atoms in total. The Morgan fingerprint density at radius 3 is 2.56 bits per heavy atom. The minimum Gasteiger partial charge on any atom is -0.492 e. The number of rotatable bonds is 9. The number of hydrogen-bond donors (Lipinski definition) is 1. The summed E-state index contributed by atoms with van der Waals surface area (Å²) in [6.45, 7) is 5.11. The molecule has 0 aliphatic carbocycles. The summed E-state index contributed by atoms with van der Waals surface area (Å²) in [4.78, 5) is 8.87. The van der Waals surface area contributed by atoms with Crippen LogP contribution in [0.2, 0.25) is 0 Å². The molecule has 0 radical (unpaired) electrons. The number of aromatic nitrogens is 1. The maximum Gasteiger partial charge on any atom is 0.145 e. The van der Waals surface area contributed by atoms with Crippen LogP contribution in [0, 0.1) is 0 Å². The molecule has 0 bridgehead atoms. The van der Waals surface area contributed by atoms with Crippen LogP contribution in [-0.2, 0) is 4.74 Å². The van der Waals surface area contributed by atoms with E-state index in [1.165, 1.54) is 0 Å².